The number of aromatic amines is 1. The molecule has 1 saturated heterocycles. The fourth-order valence-corrected chi connectivity index (χ4v) is 9.72. The lowest BCUT2D eigenvalue weighted by atomic mass is 10.00. The molecule has 0 spiro atoms. The molecule has 31 heteroatoms. The van der Waals surface area contributed by atoms with Gasteiger partial charge in [-0.25, -0.2) is 9.78 Å². The minimum atomic E-state index is -1.40. The smallest absolute Gasteiger partial charge is 0.326 e. The highest BCUT2D eigenvalue weighted by atomic mass is 32.2. The van der Waals surface area contributed by atoms with E-state index in [4.69, 9.17) is 28.7 Å². The summed E-state index contributed by atoms with van der Waals surface area (Å²) in [7, 11) is 0. The van der Waals surface area contributed by atoms with Crippen LogP contribution in [-0.4, -0.2) is 189 Å². The average Bonchev–Trinajstić information content (AvgIpc) is 2.95. The molecule has 86 heavy (non-hydrogen) atoms. The van der Waals surface area contributed by atoms with Gasteiger partial charge >= 0.3 is 5.97 Å². The molecule has 2 heterocycles. The maximum Gasteiger partial charge on any atom is 0.326 e. The second-order valence-corrected chi connectivity index (χ2v) is 22.8. The number of carbonyl (C=O) groups is 11. The zero-order valence-corrected chi connectivity index (χ0v) is 50.4. The summed E-state index contributed by atoms with van der Waals surface area (Å²) < 4.78 is 0. The Bertz CT molecular complexity index is 2610. The van der Waals surface area contributed by atoms with Gasteiger partial charge in [0.15, 0.2) is 5.96 Å². The predicted octanol–water partition coefficient (Wildman–Crippen LogP) is -3.28. The second-order valence-electron chi connectivity index (χ2n) is 21.8. The Hall–Kier alpha value is -8.06. The van der Waals surface area contributed by atoms with E-state index in [0.717, 1.165) is 0 Å². The molecule has 2 aromatic rings. The molecular formula is C55H89N17O13S. The summed E-state index contributed by atoms with van der Waals surface area (Å²) in [5.74, 6) is -9.90. The van der Waals surface area contributed by atoms with Crippen LogP contribution in [-0.2, 0) is 65.6 Å². The van der Waals surface area contributed by atoms with Crippen LogP contribution < -0.4 is 71.2 Å². The molecule has 1 fully saturated rings. The monoisotopic (exact) mass is 1230 g/mol. The van der Waals surface area contributed by atoms with Crippen molar-refractivity contribution in [1.82, 2.24) is 57.4 Å². The van der Waals surface area contributed by atoms with E-state index in [9.17, 15) is 63.0 Å². The van der Waals surface area contributed by atoms with Crippen molar-refractivity contribution < 1.29 is 63.0 Å². The number of nitrogens with one attached hydrogen (secondary N) is 9. The molecule has 0 radical (unpaired) electrons. The minimum Gasteiger partial charge on any atom is -0.508 e. The van der Waals surface area contributed by atoms with E-state index >= 15 is 0 Å². The Labute approximate surface area is 504 Å². The quantitative estimate of drug-likeness (QED) is 0.0177. The lowest BCUT2D eigenvalue weighted by Crippen LogP contribution is -2.60. The third-order valence-electron chi connectivity index (χ3n) is 13.9. The second kappa shape index (κ2) is 37.4. The number of H-pyrrole nitrogens is 1. The SMILES string of the molecule is CSCC[C@H](NC(=O)[C@H](Cc1ccc(O)cc1)NC(=O)CNC(=O)[C@@H](NC(=O)[C@H](CCCN=C(N)N)NC(=O)[C@H](CC(C)C)NC(=O)[C@H](CCC(N)=O)NC(=O)[C@@H]1CCCN1C(=O)[C@@H](N)CCCCN)C(C)C)C(=O)N[C@@H](Cc1cnc[nH]1)C(=O)O. The number of aromatic nitrogens is 2. The van der Waals surface area contributed by atoms with Crippen molar-refractivity contribution in [3.05, 3.63) is 48.0 Å². The van der Waals surface area contributed by atoms with E-state index in [1.165, 1.54) is 53.5 Å². The Balaban J connectivity index is 1.82. The van der Waals surface area contributed by atoms with Crippen molar-refractivity contribution in [3.8, 4) is 5.75 Å². The summed E-state index contributed by atoms with van der Waals surface area (Å²) in [4.78, 5) is 161. The Kier molecular flexibility index (Phi) is 31.4. The summed E-state index contributed by atoms with van der Waals surface area (Å²) in [6.45, 7) is 6.75. The number of benzene rings is 1. The van der Waals surface area contributed by atoms with E-state index in [1.54, 1.807) is 34.0 Å². The van der Waals surface area contributed by atoms with E-state index in [0.29, 0.717) is 49.2 Å². The van der Waals surface area contributed by atoms with Crippen molar-refractivity contribution in [1.29, 1.82) is 0 Å². The maximum absolute atomic E-state index is 14.3. The van der Waals surface area contributed by atoms with Gasteiger partial charge in [-0.2, -0.15) is 11.8 Å². The number of nitrogens with two attached hydrogens (primary N) is 5. The van der Waals surface area contributed by atoms with Gasteiger partial charge in [-0.1, -0.05) is 46.2 Å². The fraction of sp³-hybridized carbons (Fsp3) is 0.618. The first-order valence-corrected chi connectivity index (χ1v) is 30.1. The third kappa shape index (κ3) is 25.7. The number of unbranched alkanes of at least 4 members (excludes halogenated alkanes) is 1. The van der Waals surface area contributed by atoms with E-state index in [2.05, 4.69) is 57.5 Å². The molecule has 1 aliphatic heterocycles. The number of carbonyl (C=O) groups excluding carboxylic acids is 10. The molecule has 478 valence electrons. The number of aromatic hydroxyl groups is 1. The zero-order valence-electron chi connectivity index (χ0n) is 49.6. The standard InChI is InChI=1S/C55H89N17O13S/c1-30(2)24-39(69-46(76)37(17-18-43(58)74)68-51(81)42-12-9-22-72(42)53(83)35(57)10-6-7-20-56)49(79)66-36(11-8-21-62-55(59)60)48(78)71-45(31(3)4)52(82)63-28-44(75)65-40(25-32-13-15-34(73)16-14-32)50(80)67-38(19-23-86-5)47(77)70-41(54(84)85)26-33-27-61-29-64-33/h13-16,27,29-31,35-42,45,73H,6-12,17-26,28,56-57H2,1-5H3,(H2,58,74)(H,61,64)(H,63,82)(H,65,75)(H,66,79)(H,67,80)(H,68,81)(H,69,76)(H,70,77)(H,71,78)(H,84,85)(H4,59,60,62)/t35-,36-,37-,38-,39-,40-,41-,42-,45-/m0/s1. The molecule has 0 unspecified atom stereocenters. The van der Waals surface area contributed by atoms with Crippen LogP contribution in [0.4, 0.5) is 0 Å². The molecule has 30 nitrogen and oxygen atoms in total. The number of imidazole rings is 1. The summed E-state index contributed by atoms with van der Waals surface area (Å²) >= 11 is 1.37. The fourth-order valence-electron chi connectivity index (χ4n) is 9.25. The molecule has 1 aromatic carbocycles. The van der Waals surface area contributed by atoms with Crippen LogP contribution in [0.3, 0.4) is 0 Å². The predicted molar refractivity (Wildman–Crippen MR) is 320 cm³/mol. The number of carboxylic acids is 1. The number of rotatable bonds is 39. The lowest BCUT2D eigenvalue weighted by Gasteiger charge is -2.29. The van der Waals surface area contributed by atoms with Crippen LogP contribution in [0, 0.1) is 11.8 Å². The largest absolute Gasteiger partial charge is 0.508 e. The van der Waals surface area contributed by atoms with Crippen molar-refractivity contribution in [2.24, 2.45) is 45.5 Å². The van der Waals surface area contributed by atoms with Gasteiger partial charge in [0.2, 0.25) is 59.1 Å². The van der Waals surface area contributed by atoms with Crippen LogP contribution in [0.1, 0.15) is 110 Å². The number of amides is 10. The first-order chi connectivity index (χ1) is 40.7. The van der Waals surface area contributed by atoms with Crippen molar-refractivity contribution in [3.63, 3.8) is 0 Å². The van der Waals surface area contributed by atoms with Crippen molar-refractivity contribution in [2.45, 2.75) is 166 Å². The Morgan fingerprint density at radius 2 is 1.34 bits per heavy atom. The van der Waals surface area contributed by atoms with Crippen LogP contribution in [0.5, 0.6) is 5.75 Å². The highest BCUT2D eigenvalue weighted by Gasteiger charge is 2.39. The number of carboxylic acid groups (broad SMARTS) is 1. The number of aliphatic carboxylic acids is 1. The van der Waals surface area contributed by atoms with Crippen LogP contribution in [0.15, 0.2) is 41.8 Å². The number of hydrogen-bond donors (Lipinski definition) is 16. The van der Waals surface area contributed by atoms with E-state index in [1.807, 2.05) is 0 Å². The van der Waals surface area contributed by atoms with Crippen molar-refractivity contribution >= 4 is 82.8 Å². The highest BCUT2D eigenvalue weighted by Crippen LogP contribution is 2.21. The number of phenols is 1. The number of hydrogen-bond acceptors (Lipinski definition) is 17. The molecule has 0 aliphatic carbocycles. The van der Waals surface area contributed by atoms with Crippen LogP contribution >= 0.6 is 11.8 Å². The third-order valence-corrected chi connectivity index (χ3v) is 14.5. The molecule has 0 bridgehead atoms. The van der Waals surface area contributed by atoms with Gasteiger partial charge in [0.25, 0.3) is 0 Å². The number of aliphatic imine (C=N–C) groups is 1. The zero-order chi connectivity index (χ0) is 64.0. The van der Waals surface area contributed by atoms with Crippen LogP contribution in [0.25, 0.3) is 0 Å². The summed E-state index contributed by atoms with van der Waals surface area (Å²) in [5, 5.41) is 40.6. The average molecular weight is 1230 g/mol. The van der Waals surface area contributed by atoms with Gasteiger partial charge in [0, 0.05) is 44.2 Å². The molecule has 21 N–H and O–H groups in total. The molecule has 1 aliphatic rings. The molecule has 9 atom stereocenters. The van der Waals surface area contributed by atoms with Crippen molar-refractivity contribution in [2.75, 3.05) is 38.2 Å². The van der Waals surface area contributed by atoms with Gasteiger partial charge < -0.3 is 91.3 Å². The number of primary amides is 1. The topological polar surface area (TPSA) is 499 Å². The summed E-state index contributed by atoms with van der Waals surface area (Å²) in [6.07, 6.45) is 6.17. The molecule has 10 amide bonds. The highest BCUT2D eigenvalue weighted by molar-refractivity contribution is 7.98. The van der Waals surface area contributed by atoms with Gasteiger partial charge in [-0.05, 0) is 106 Å². The Morgan fingerprint density at radius 1 is 0.733 bits per heavy atom. The Morgan fingerprint density at radius 3 is 1.92 bits per heavy atom. The number of nitrogens with zero attached hydrogens (tertiary/aromatic N) is 3. The van der Waals surface area contributed by atoms with Crippen LogP contribution in [0.2, 0.25) is 0 Å². The lowest BCUT2D eigenvalue weighted by molar-refractivity contribution is -0.142. The van der Waals surface area contributed by atoms with Gasteiger partial charge in [-0.3, -0.25) is 52.9 Å². The number of thioether (sulfide) groups is 1. The van der Waals surface area contributed by atoms with Gasteiger partial charge in [0.1, 0.15) is 54.1 Å². The molecule has 1 aromatic heterocycles. The van der Waals surface area contributed by atoms with Gasteiger partial charge in [0.05, 0.1) is 18.9 Å². The normalized spacial score (nSPS) is 15.7. The molecular weight excluding hydrogens is 1140 g/mol. The number of likely N-dealkylation sites (tertiary alicyclic amines) is 1. The molecule has 3 rings (SSSR count). The molecule has 0 saturated carbocycles. The van der Waals surface area contributed by atoms with E-state index in [-0.39, 0.29) is 88.5 Å². The van der Waals surface area contributed by atoms with Gasteiger partial charge in [-0.15, -0.1) is 0 Å². The maximum atomic E-state index is 14.3. The number of guanidine groups is 1. The van der Waals surface area contributed by atoms with E-state index < -0.39 is 132 Å². The minimum absolute atomic E-state index is 0.0222. The summed E-state index contributed by atoms with van der Waals surface area (Å²) in [6, 6.07) is -5.58. The first kappa shape index (κ1) is 72.2. The first-order valence-electron chi connectivity index (χ1n) is 28.7. The summed E-state index contributed by atoms with van der Waals surface area (Å²) in [5.41, 5.74) is 29.2. The number of phenolic OH excluding ortho intramolecular Hbond substituents is 1.